The van der Waals surface area contributed by atoms with E-state index in [4.69, 9.17) is 9.15 Å². The molecule has 2 saturated carbocycles. The fourth-order valence-corrected chi connectivity index (χ4v) is 4.15. The van der Waals surface area contributed by atoms with E-state index < -0.39 is 0 Å². The van der Waals surface area contributed by atoms with Gasteiger partial charge in [-0.2, -0.15) is 5.10 Å². The third-order valence-corrected chi connectivity index (χ3v) is 5.79. The summed E-state index contributed by atoms with van der Waals surface area (Å²) in [4.78, 5) is 23.8. The minimum absolute atomic E-state index is 0.0369. The summed E-state index contributed by atoms with van der Waals surface area (Å²) in [5, 5.41) is 7.35. The molecule has 8 nitrogen and oxygen atoms in total. The van der Waals surface area contributed by atoms with E-state index in [1.165, 1.54) is 19.2 Å². The van der Waals surface area contributed by atoms with Crippen LogP contribution >= 0.6 is 0 Å². The van der Waals surface area contributed by atoms with E-state index in [2.05, 4.69) is 20.2 Å². The van der Waals surface area contributed by atoms with Crippen LogP contribution in [0.15, 0.2) is 10.8 Å². The number of oxazole rings is 1. The molecule has 3 aliphatic rings. The van der Waals surface area contributed by atoms with Crippen LogP contribution in [-0.4, -0.2) is 51.2 Å². The van der Waals surface area contributed by atoms with Gasteiger partial charge in [-0.15, -0.1) is 0 Å². The number of hydrogen-bond acceptors (Lipinski definition) is 6. The lowest BCUT2D eigenvalue weighted by atomic mass is 9.91. The molecule has 0 unspecified atom stereocenters. The van der Waals surface area contributed by atoms with Crippen LogP contribution in [0.5, 0.6) is 0 Å². The SMILES string of the molecule is COCc1nc([C@H]2CN(C(=O)c3ocnc3C3CC3)C[C@@H]2C2CC2)n[nH]1. The molecule has 5 rings (SSSR count). The Bertz CT molecular complexity index is 807. The van der Waals surface area contributed by atoms with Crippen molar-refractivity contribution in [1.82, 2.24) is 25.1 Å². The molecule has 2 aromatic rings. The molecule has 1 aliphatic heterocycles. The largest absolute Gasteiger partial charge is 0.438 e. The average Bonchev–Trinajstić information content (AvgIpc) is 3.53. The molecule has 0 radical (unpaired) electrons. The third kappa shape index (κ3) is 2.82. The average molecular weight is 357 g/mol. The second-order valence-corrected chi connectivity index (χ2v) is 7.73. The molecule has 2 aromatic heterocycles. The Kier molecular flexibility index (Phi) is 3.81. The van der Waals surface area contributed by atoms with Gasteiger partial charge >= 0.3 is 0 Å². The number of rotatable bonds is 6. The van der Waals surface area contributed by atoms with Crippen molar-refractivity contribution in [2.45, 2.75) is 44.1 Å². The monoisotopic (exact) mass is 357 g/mol. The topological polar surface area (TPSA) is 97.1 Å². The van der Waals surface area contributed by atoms with Gasteiger partial charge in [0.2, 0.25) is 5.76 Å². The Morgan fingerprint density at radius 1 is 1.35 bits per heavy atom. The van der Waals surface area contributed by atoms with Gasteiger partial charge in [0.05, 0.1) is 5.69 Å². The van der Waals surface area contributed by atoms with Crippen LogP contribution in [-0.2, 0) is 11.3 Å². The molecule has 2 atom stereocenters. The van der Waals surface area contributed by atoms with Crippen molar-refractivity contribution >= 4 is 5.91 Å². The van der Waals surface area contributed by atoms with E-state index in [0.29, 0.717) is 36.7 Å². The normalized spacial score (nSPS) is 25.8. The minimum atomic E-state index is -0.0369. The number of carbonyl (C=O) groups excluding carboxylic acids is 1. The van der Waals surface area contributed by atoms with Crippen molar-refractivity contribution in [2.24, 2.45) is 11.8 Å². The summed E-state index contributed by atoms with van der Waals surface area (Å²) in [5.41, 5.74) is 0.835. The number of H-pyrrole nitrogens is 1. The highest BCUT2D eigenvalue weighted by atomic mass is 16.5. The van der Waals surface area contributed by atoms with Crippen molar-refractivity contribution in [3.05, 3.63) is 29.5 Å². The fourth-order valence-electron chi connectivity index (χ4n) is 4.15. The van der Waals surface area contributed by atoms with Crippen LogP contribution in [0.3, 0.4) is 0 Å². The quantitative estimate of drug-likeness (QED) is 0.850. The molecule has 0 spiro atoms. The van der Waals surface area contributed by atoms with Crippen molar-refractivity contribution < 1.29 is 13.9 Å². The number of nitrogens with zero attached hydrogens (tertiary/aromatic N) is 4. The summed E-state index contributed by atoms with van der Waals surface area (Å²) in [7, 11) is 1.64. The molecule has 3 fully saturated rings. The zero-order chi connectivity index (χ0) is 17.7. The highest BCUT2D eigenvalue weighted by Crippen LogP contribution is 2.47. The van der Waals surface area contributed by atoms with Gasteiger partial charge in [-0.3, -0.25) is 9.89 Å². The van der Waals surface area contributed by atoms with Crippen LogP contribution < -0.4 is 0 Å². The van der Waals surface area contributed by atoms with Gasteiger partial charge < -0.3 is 14.1 Å². The Hall–Kier alpha value is -2.22. The smallest absolute Gasteiger partial charge is 0.291 e. The predicted molar refractivity (Wildman–Crippen MR) is 90.4 cm³/mol. The van der Waals surface area contributed by atoms with Gasteiger partial charge in [-0.25, -0.2) is 9.97 Å². The predicted octanol–water partition coefficient (Wildman–Crippen LogP) is 2.08. The molecule has 0 bridgehead atoms. The number of aromatic amines is 1. The first-order chi connectivity index (χ1) is 12.7. The molecular weight excluding hydrogens is 334 g/mol. The lowest BCUT2D eigenvalue weighted by Gasteiger charge is -2.15. The van der Waals surface area contributed by atoms with Crippen LogP contribution in [0.2, 0.25) is 0 Å². The van der Waals surface area contributed by atoms with Crippen molar-refractivity contribution in [3.63, 3.8) is 0 Å². The number of carbonyl (C=O) groups is 1. The Balaban J connectivity index is 1.37. The molecule has 1 amide bonds. The summed E-state index contributed by atoms with van der Waals surface area (Å²) in [5.74, 6) is 3.56. The van der Waals surface area contributed by atoms with Gasteiger partial charge in [-0.1, -0.05) is 0 Å². The van der Waals surface area contributed by atoms with E-state index in [0.717, 1.165) is 36.7 Å². The molecular formula is C18H23N5O3. The highest BCUT2D eigenvalue weighted by Gasteiger charge is 2.47. The first-order valence-corrected chi connectivity index (χ1v) is 9.37. The maximum Gasteiger partial charge on any atom is 0.291 e. The Morgan fingerprint density at radius 2 is 2.19 bits per heavy atom. The van der Waals surface area contributed by atoms with E-state index in [-0.39, 0.29) is 11.8 Å². The number of hydrogen-bond donors (Lipinski definition) is 1. The van der Waals surface area contributed by atoms with E-state index in [1.807, 2.05) is 4.90 Å². The van der Waals surface area contributed by atoms with Gasteiger partial charge in [0.25, 0.3) is 5.91 Å². The summed E-state index contributed by atoms with van der Waals surface area (Å²) in [6.07, 6.45) is 6.06. The molecule has 3 heterocycles. The first kappa shape index (κ1) is 16.0. The summed E-state index contributed by atoms with van der Waals surface area (Å²) < 4.78 is 10.6. The number of ether oxygens (including phenoxy) is 1. The molecule has 138 valence electrons. The molecule has 2 aliphatic carbocycles. The van der Waals surface area contributed by atoms with Crippen LogP contribution in [0.4, 0.5) is 0 Å². The van der Waals surface area contributed by atoms with Crippen molar-refractivity contribution in [2.75, 3.05) is 20.2 Å². The second kappa shape index (κ2) is 6.19. The molecule has 8 heteroatoms. The zero-order valence-corrected chi connectivity index (χ0v) is 14.9. The zero-order valence-electron chi connectivity index (χ0n) is 14.9. The van der Waals surface area contributed by atoms with Gasteiger partial charge in [0.1, 0.15) is 6.61 Å². The first-order valence-electron chi connectivity index (χ1n) is 9.37. The van der Waals surface area contributed by atoms with Crippen molar-refractivity contribution in [3.8, 4) is 0 Å². The molecule has 26 heavy (non-hydrogen) atoms. The highest BCUT2D eigenvalue weighted by molar-refractivity contribution is 5.93. The summed E-state index contributed by atoms with van der Waals surface area (Å²) in [6, 6.07) is 0. The number of methoxy groups -OCH3 is 1. The second-order valence-electron chi connectivity index (χ2n) is 7.73. The van der Waals surface area contributed by atoms with Gasteiger partial charge in [0, 0.05) is 32.0 Å². The lowest BCUT2D eigenvalue weighted by Crippen LogP contribution is -2.29. The van der Waals surface area contributed by atoms with E-state index in [9.17, 15) is 4.79 Å². The maximum atomic E-state index is 13.1. The molecule has 1 N–H and O–H groups in total. The number of likely N-dealkylation sites (tertiary alicyclic amines) is 1. The number of nitrogens with one attached hydrogen (secondary N) is 1. The minimum Gasteiger partial charge on any atom is -0.438 e. The molecule has 1 saturated heterocycles. The van der Waals surface area contributed by atoms with E-state index >= 15 is 0 Å². The summed E-state index contributed by atoms with van der Waals surface area (Å²) >= 11 is 0. The third-order valence-electron chi connectivity index (χ3n) is 5.79. The van der Waals surface area contributed by atoms with Crippen LogP contribution in [0.25, 0.3) is 0 Å². The van der Waals surface area contributed by atoms with E-state index in [1.54, 1.807) is 7.11 Å². The Labute approximate surface area is 151 Å². The number of aromatic nitrogens is 4. The van der Waals surface area contributed by atoms with Gasteiger partial charge in [-0.05, 0) is 37.5 Å². The standard InChI is InChI=1S/C18H23N5O3/c1-25-8-14-20-17(22-21-14)13-7-23(6-12(13)10-2-3-10)18(24)16-15(11-4-5-11)19-9-26-16/h9-13H,2-8H2,1H3,(H,20,21,22)/t12-,13+/m1/s1. The maximum absolute atomic E-state index is 13.1. The van der Waals surface area contributed by atoms with Crippen LogP contribution in [0.1, 0.15) is 65.4 Å². The summed E-state index contributed by atoms with van der Waals surface area (Å²) in [6.45, 7) is 1.79. The fraction of sp³-hybridized carbons (Fsp3) is 0.667. The lowest BCUT2D eigenvalue weighted by molar-refractivity contribution is 0.0751. The van der Waals surface area contributed by atoms with Crippen molar-refractivity contribution in [1.29, 1.82) is 0 Å². The molecule has 0 aromatic carbocycles. The van der Waals surface area contributed by atoms with Gasteiger partial charge in [0.15, 0.2) is 18.0 Å². The number of amides is 1. The Morgan fingerprint density at radius 3 is 2.92 bits per heavy atom. The van der Waals surface area contributed by atoms with Crippen LogP contribution in [0, 0.1) is 11.8 Å².